The summed E-state index contributed by atoms with van der Waals surface area (Å²) in [7, 11) is 4.43. The van der Waals surface area contributed by atoms with E-state index in [0.717, 1.165) is 5.92 Å². The van der Waals surface area contributed by atoms with Crippen molar-refractivity contribution in [2.75, 3.05) is 20.1 Å². The summed E-state index contributed by atoms with van der Waals surface area (Å²) < 4.78 is 0. The Hall–Kier alpha value is 0.0249. The van der Waals surface area contributed by atoms with E-state index in [0.29, 0.717) is 0 Å². The van der Waals surface area contributed by atoms with Crippen LogP contribution in [0.1, 0.15) is 0 Å². The maximum Gasteiger partial charge on any atom is 0.106 e. The molecule has 1 aliphatic rings. The molecule has 0 aromatic carbocycles. The molecule has 0 unspecified atom stereocenters. The Bertz CT molecular complexity index is 66.2. The van der Waals surface area contributed by atoms with Gasteiger partial charge in [-0.05, 0) is 13.0 Å². The number of nitrogens with zero attached hydrogens (tertiary/aromatic N) is 1. The second-order valence-corrected chi connectivity index (χ2v) is 2.73. The molecule has 45 valence electrons. The van der Waals surface area contributed by atoms with E-state index in [1.54, 1.807) is 0 Å². The van der Waals surface area contributed by atoms with Crippen molar-refractivity contribution in [1.29, 1.82) is 0 Å². The minimum Gasteiger partial charge on any atom is -0.306 e. The molecule has 1 radical (unpaired) electrons. The van der Waals surface area contributed by atoms with E-state index in [4.69, 9.17) is 0 Å². The molecule has 0 aromatic heterocycles. The van der Waals surface area contributed by atoms with Crippen molar-refractivity contribution < 1.29 is 0 Å². The molecule has 1 saturated heterocycles. The first-order chi connectivity index (χ1) is 3.83. The van der Waals surface area contributed by atoms with Crippen LogP contribution in [0.2, 0.25) is 13.1 Å². The first-order valence-corrected chi connectivity index (χ1v) is 3.29. The fraction of sp³-hybridized carbons (Fsp3) is 1.00. The van der Waals surface area contributed by atoms with Crippen molar-refractivity contribution in [2.24, 2.45) is 5.92 Å². The highest BCUT2D eigenvalue weighted by Crippen LogP contribution is 2.15. The monoisotopic (exact) mass is 110 g/mol. The van der Waals surface area contributed by atoms with Crippen molar-refractivity contribution in [3.05, 3.63) is 0 Å². The van der Waals surface area contributed by atoms with E-state index >= 15 is 0 Å². The van der Waals surface area contributed by atoms with Crippen LogP contribution in [-0.2, 0) is 0 Å². The summed E-state index contributed by atoms with van der Waals surface area (Å²) in [6, 6.07) is 0. The second-order valence-electron chi connectivity index (χ2n) is 2.73. The SMILES string of the molecule is C[B]CC1CN(C)C1. The first-order valence-electron chi connectivity index (χ1n) is 3.29. The molecule has 0 spiro atoms. The number of hydrogen-bond donors (Lipinski definition) is 0. The minimum atomic E-state index is 0.977. The molecule has 0 N–H and O–H groups in total. The summed E-state index contributed by atoms with van der Waals surface area (Å²) in [5, 5.41) is 0. The fourth-order valence-electron chi connectivity index (χ4n) is 1.31. The van der Waals surface area contributed by atoms with Crippen molar-refractivity contribution in [2.45, 2.75) is 13.1 Å². The van der Waals surface area contributed by atoms with Crippen molar-refractivity contribution in [3.8, 4) is 0 Å². The smallest absolute Gasteiger partial charge is 0.106 e. The maximum absolute atomic E-state index is 2.36. The highest BCUT2D eigenvalue weighted by atomic mass is 15.2. The molecule has 0 atom stereocenters. The van der Waals surface area contributed by atoms with Crippen LogP contribution in [0.15, 0.2) is 0 Å². The quantitative estimate of drug-likeness (QED) is 0.473. The zero-order valence-electron chi connectivity index (χ0n) is 5.72. The Morgan fingerprint density at radius 1 is 1.62 bits per heavy atom. The third kappa shape index (κ3) is 1.25. The summed E-state index contributed by atoms with van der Waals surface area (Å²) >= 11 is 0. The van der Waals surface area contributed by atoms with E-state index < -0.39 is 0 Å². The topological polar surface area (TPSA) is 3.24 Å². The van der Waals surface area contributed by atoms with E-state index in [-0.39, 0.29) is 0 Å². The van der Waals surface area contributed by atoms with Gasteiger partial charge in [-0.3, -0.25) is 0 Å². The summed E-state index contributed by atoms with van der Waals surface area (Å²) in [6.45, 7) is 4.76. The first kappa shape index (κ1) is 6.15. The zero-order chi connectivity index (χ0) is 5.98. The summed E-state index contributed by atoms with van der Waals surface area (Å²) in [4.78, 5) is 2.36. The Labute approximate surface area is 52.3 Å². The molecule has 0 bridgehead atoms. The van der Waals surface area contributed by atoms with Gasteiger partial charge in [-0.25, -0.2) is 0 Å². The Morgan fingerprint density at radius 3 is 2.62 bits per heavy atom. The van der Waals surface area contributed by atoms with Crippen LogP contribution in [0, 0.1) is 5.92 Å². The van der Waals surface area contributed by atoms with Gasteiger partial charge in [-0.15, -0.1) is 0 Å². The summed E-state index contributed by atoms with van der Waals surface area (Å²) in [5.41, 5.74) is 0. The van der Waals surface area contributed by atoms with E-state index in [2.05, 4.69) is 26.1 Å². The van der Waals surface area contributed by atoms with Crippen LogP contribution >= 0.6 is 0 Å². The summed E-state index contributed by atoms with van der Waals surface area (Å²) in [5.74, 6) is 0.977. The lowest BCUT2D eigenvalue weighted by atomic mass is 9.70. The van der Waals surface area contributed by atoms with Crippen LogP contribution in [0.25, 0.3) is 0 Å². The van der Waals surface area contributed by atoms with Gasteiger partial charge in [0.1, 0.15) is 7.28 Å². The molecule has 1 heterocycles. The van der Waals surface area contributed by atoms with Gasteiger partial charge in [-0.2, -0.15) is 0 Å². The highest BCUT2D eigenvalue weighted by Gasteiger charge is 2.21. The van der Waals surface area contributed by atoms with Gasteiger partial charge in [0, 0.05) is 13.1 Å². The van der Waals surface area contributed by atoms with Crippen LogP contribution in [0.4, 0.5) is 0 Å². The highest BCUT2D eigenvalue weighted by molar-refractivity contribution is 6.33. The number of likely N-dealkylation sites (tertiary alicyclic amines) is 1. The lowest BCUT2D eigenvalue weighted by Crippen LogP contribution is -2.43. The lowest BCUT2D eigenvalue weighted by Gasteiger charge is -2.36. The Morgan fingerprint density at radius 2 is 2.25 bits per heavy atom. The van der Waals surface area contributed by atoms with Crippen LogP contribution < -0.4 is 0 Å². The van der Waals surface area contributed by atoms with Crippen LogP contribution in [0.5, 0.6) is 0 Å². The van der Waals surface area contributed by atoms with Gasteiger partial charge in [0.05, 0.1) is 0 Å². The molecule has 0 aromatic rings. The standard InChI is InChI=1S/C6H13BN/c1-7-3-6-4-8(2)5-6/h6H,3-5H2,1-2H3. The maximum atomic E-state index is 2.36. The van der Waals surface area contributed by atoms with Crippen LogP contribution in [-0.4, -0.2) is 32.3 Å². The number of rotatable bonds is 2. The van der Waals surface area contributed by atoms with E-state index in [9.17, 15) is 0 Å². The number of hydrogen-bond acceptors (Lipinski definition) is 1. The molecule has 0 saturated carbocycles. The van der Waals surface area contributed by atoms with E-state index in [1.807, 2.05) is 0 Å². The summed E-state index contributed by atoms with van der Waals surface area (Å²) in [6.07, 6.45) is 1.31. The molecule has 1 fully saturated rings. The van der Waals surface area contributed by atoms with E-state index in [1.165, 1.54) is 19.4 Å². The molecule has 0 amide bonds. The zero-order valence-corrected chi connectivity index (χ0v) is 5.72. The predicted octanol–water partition coefficient (Wildman–Crippen LogP) is 0.719. The molecule has 2 heteroatoms. The Balaban J connectivity index is 1.98. The van der Waals surface area contributed by atoms with Crippen molar-refractivity contribution in [1.82, 2.24) is 4.90 Å². The molecule has 8 heavy (non-hydrogen) atoms. The van der Waals surface area contributed by atoms with Crippen molar-refractivity contribution in [3.63, 3.8) is 0 Å². The lowest BCUT2D eigenvalue weighted by molar-refractivity contribution is 0.149. The van der Waals surface area contributed by atoms with Gasteiger partial charge >= 0.3 is 0 Å². The molecule has 0 aliphatic carbocycles. The van der Waals surface area contributed by atoms with Gasteiger partial charge in [-0.1, -0.05) is 13.1 Å². The normalized spacial score (nSPS) is 22.8. The van der Waals surface area contributed by atoms with Gasteiger partial charge in [0.25, 0.3) is 0 Å². The largest absolute Gasteiger partial charge is 0.306 e. The van der Waals surface area contributed by atoms with Crippen molar-refractivity contribution >= 4 is 7.28 Å². The third-order valence-corrected chi connectivity index (χ3v) is 1.71. The molecular formula is C6H13BN. The molecular weight excluding hydrogens is 96.9 g/mol. The average Bonchev–Trinajstić information content (AvgIpc) is 1.64. The third-order valence-electron chi connectivity index (χ3n) is 1.71. The van der Waals surface area contributed by atoms with Gasteiger partial charge in [0.2, 0.25) is 0 Å². The Kier molecular flexibility index (Phi) is 1.95. The minimum absolute atomic E-state index is 0.977. The average molecular weight is 110 g/mol. The molecule has 1 nitrogen and oxygen atoms in total. The second kappa shape index (κ2) is 2.54. The van der Waals surface area contributed by atoms with Crippen LogP contribution in [0.3, 0.4) is 0 Å². The predicted molar refractivity (Wildman–Crippen MR) is 37.4 cm³/mol. The van der Waals surface area contributed by atoms with Gasteiger partial charge < -0.3 is 4.90 Å². The fourth-order valence-corrected chi connectivity index (χ4v) is 1.31. The van der Waals surface area contributed by atoms with Gasteiger partial charge in [0.15, 0.2) is 0 Å². The molecule has 1 rings (SSSR count). The molecule has 1 aliphatic heterocycles.